The van der Waals surface area contributed by atoms with E-state index >= 15 is 0 Å². The van der Waals surface area contributed by atoms with Crippen molar-refractivity contribution in [3.05, 3.63) is 29.8 Å². The molecule has 0 spiro atoms. The number of amides is 4. The lowest BCUT2D eigenvalue weighted by molar-refractivity contribution is -0.130. The van der Waals surface area contributed by atoms with Gasteiger partial charge in [-0.3, -0.25) is 9.59 Å². The predicted molar refractivity (Wildman–Crippen MR) is 113 cm³/mol. The van der Waals surface area contributed by atoms with E-state index in [2.05, 4.69) is 10.6 Å². The maximum Gasteiger partial charge on any atom is 0.319 e. The molecular weight excluding hydrogens is 380 g/mol. The molecule has 1 saturated heterocycles. The molecule has 4 amide bonds. The first kappa shape index (κ1) is 19.4. The number of carbonyl (C=O) groups is 3. The highest BCUT2D eigenvalue weighted by Gasteiger charge is 2.56. The predicted octanol–water partition coefficient (Wildman–Crippen LogP) is 2.69. The molecule has 4 bridgehead atoms. The third-order valence-corrected chi connectivity index (χ3v) is 7.70. The maximum absolute atomic E-state index is 12.7. The van der Waals surface area contributed by atoms with Gasteiger partial charge < -0.3 is 20.4 Å². The zero-order chi connectivity index (χ0) is 20.9. The second-order valence-electron chi connectivity index (χ2n) is 9.71. The van der Waals surface area contributed by atoms with Crippen LogP contribution < -0.4 is 10.6 Å². The third kappa shape index (κ3) is 3.55. The summed E-state index contributed by atoms with van der Waals surface area (Å²) >= 11 is 0. The lowest BCUT2D eigenvalue weighted by Gasteiger charge is -2.39. The third-order valence-electron chi connectivity index (χ3n) is 7.70. The molecule has 1 aliphatic heterocycles. The number of anilines is 1. The van der Waals surface area contributed by atoms with E-state index in [0.717, 1.165) is 37.0 Å². The Morgan fingerprint density at radius 1 is 0.900 bits per heavy atom. The van der Waals surface area contributed by atoms with Gasteiger partial charge in [0.15, 0.2) is 0 Å². The molecule has 2 unspecified atom stereocenters. The van der Waals surface area contributed by atoms with Crippen LogP contribution in [-0.2, 0) is 4.79 Å². The number of nitrogens with zero attached hydrogens (tertiary/aromatic N) is 2. The number of rotatable bonds is 3. The molecule has 4 saturated carbocycles. The van der Waals surface area contributed by atoms with Gasteiger partial charge in [0.25, 0.3) is 5.91 Å². The number of piperazine rings is 1. The second-order valence-corrected chi connectivity index (χ2v) is 9.71. The lowest BCUT2D eigenvalue weighted by Crippen LogP contribution is -2.51. The van der Waals surface area contributed by atoms with Crippen molar-refractivity contribution in [3.63, 3.8) is 0 Å². The van der Waals surface area contributed by atoms with Crippen LogP contribution in [0.4, 0.5) is 10.5 Å². The molecule has 0 aromatic heterocycles. The highest BCUT2D eigenvalue weighted by Crippen LogP contribution is 2.59. The number of urea groups is 1. The minimum Gasteiger partial charge on any atom is -0.339 e. The summed E-state index contributed by atoms with van der Waals surface area (Å²) in [6.45, 7) is 3.80. The zero-order valence-electron chi connectivity index (χ0n) is 17.5. The minimum atomic E-state index is -0.142. The van der Waals surface area contributed by atoms with Gasteiger partial charge >= 0.3 is 6.03 Å². The minimum absolute atomic E-state index is 0.00148. The largest absolute Gasteiger partial charge is 0.339 e. The summed E-state index contributed by atoms with van der Waals surface area (Å²) < 4.78 is 0. The van der Waals surface area contributed by atoms with E-state index in [0.29, 0.717) is 37.4 Å². The summed E-state index contributed by atoms with van der Waals surface area (Å²) in [5.74, 6) is 2.43. The summed E-state index contributed by atoms with van der Waals surface area (Å²) in [6.07, 6.45) is 6.10. The first-order valence-corrected chi connectivity index (χ1v) is 11.1. The normalized spacial score (nSPS) is 31.7. The molecule has 5 aliphatic rings. The topological polar surface area (TPSA) is 81.8 Å². The van der Waals surface area contributed by atoms with Gasteiger partial charge in [0.1, 0.15) is 0 Å². The molecule has 0 radical (unpaired) electrons. The molecule has 6 rings (SSSR count). The van der Waals surface area contributed by atoms with Gasteiger partial charge in [0.2, 0.25) is 5.91 Å². The van der Waals surface area contributed by atoms with E-state index in [1.807, 2.05) is 0 Å². The van der Waals surface area contributed by atoms with Crippen LogP contribution in [0.1, 0.15) is 49.4 Å². The number of hydrogen-bond donors (Lipinski definition) is 2. The van der Waals surface area contributed by atoms with Crippen LogP contribution in [0.25, 0.3) is 0 Å². The van der Waals surface area contributed by atoms with Gasteiger partial charge in [-0.05, 0) is 74.1 Å². The fourth-order valence-electron chi connectivity index (χ4n) is 6.47. The summed E-state index contributed by atoms with van der Waals surface area (Å²) in [4.78, 5) is 40.3. The van der Waals surface area contributed by atoms with Crippen molar-refractivity contribution in [2.24, 2.45) is 17.8 Å². The molecule has 2 atom stereocenters. The Bertz CT molecular complexity index is 840. The van der Waals surface area contributed by atoms with E-state index in [9.17, 15) is 14.4 Å². The van der Waals surface area contributed by atoms with Crippen molar-refractivity contribution in [3.8, 4) is 0 Å². The second kappa shape index (κ2) is 7.29. The average molecular weight is 411 g/mol. The molecule has 30 heavy (non-hydrogen) atoms. The van der Waals surface area contributed by atoms with Crippen molar-refractivity contribution in [2.75, 3.05) is 31.5 Å². The van der Waals surface area contributed by atoms with E-state index in [1.54, 1.807) is 41.0 Å². The summed E-state index contributed by atoms with van der Waals surface area (Å²) in [5.41, 5.74) is 1.29. The number of nitrogens with one attached hydrogen (secondary N) is 2. The Kier molecular flexibility index (Phi) is 4.71. The van der Waals surface area contributed by atoms with Crippen LogP contribution in [0.15, 0.2) is 24.3 Å². The van der Waals surface area contributed by atoms with E-state index in [1.165, 1.54) is 12.8 Å². The highest BCUT2D eigenvalue weighted by atomic mass is 16.2. The Hall–Kier alpha value is -2.57. The van der Waals surface area contributed by atoms with Crippen molar-refractivity contribution >= 4 is 23.5 Å². The number of hydrogen-bond acceptors (Lipinski definition) is 3. The van der Waals surface area contributed by atoms with Crippen LogP contribution in [0.2, 0.25) is 0 Å². The van der Waals surface area contributed by atoms with E-state index in [-0.39, 0.29) is 23.4 Å². The van der Waals surface area contributed by atoms with Gasteiger partial charge in [0, 0.05) is 49.9 Å². The standard InChI is InChI=1S/C23H30N4O3/c1-15(28)26-6-8-27(9-7-26)21(29)17-2-4-20(5-3-17)24-22(30)25-23-12-16-10-18(13-23)19(11-16)14-23/h2-5,16,18-19H,6-14H2,1H3,(H2,24,25,30). The molecule has 7 nitrogen and oxygen atoms in total. The van der Waals surface area contributed by atoms with Crippen molar-refractivity contribution in [1.82, 2.24) is 15.1 Å². The summed E-state index contributed by atoms with van der Waals surface area (Å²) in [5, 5.41) is 6.22. The summed E-state index contributed by atoms with van der Waals surface area (Å²) in [6, 6.07) is 6.94. The molecular formula is C23H30N4O3. The van der Waals surface area contributed by atoms with Gasteiger partial charge in [-0.2, -0.15) is 0 Å². The van der Waals surface area contributed by atoms with Crippen LogP contribution in [0.3, 0.4) is 0 Å². The van der Waals surface area contributed by atoms with E-state index in [4.69, 9.17) is 0 Å². The monoisotopic (exact) mass is 410 g/mol. The summed E-state index contributed by atoms with van der Waals surface area (Å²) in [7, 11) is 0. The van der Waals surface area contributed by atoms with Crippen molar-refractivity contribution < 1.29 is 14.4 Å². The molecule has 1 aromatic carbocycles. The smallest absolute Gasteiger partial charge is 0.319 e. The maximum atomic E-state index is 12.7. The number of carbonyl (C=O) groups excluding carboxylic acids is 3. The molecule has 2 N–H and O–H groups in total. The van der Waals surface area contributed by atoms with Gasteiger partial charge in [0.05, 0.1) is 0 Å². The highest BCUT2D eigenvalue weighted by molar-refractivity contribution is 5.95. The van der Waals surface area contributed by atoms with Crippen molar-refractivity contribution in [1.29, 1.82) is 0 Å². The molecule has 7 heteroatoms. The van der Waals surface area contributed by atoms with Crippen LogP contribution in [-0.4, -0.2) is 59.4 Å². The van der Waals surface area contributed by atoms with Crippen molar-refractivity contribution in [2.45, 2.75) is 44.6 Å². The van der Waals surface area contributed by atoms with Crippen LogP contribution >= 0.6 is 0 Å². The number of benzene rings is 1. The SMILES string of the molecule is CC(=O)N1CCN(C(=O)c2ccc(NC(=O)NC34CC5CC(C3)C(C5)C4)cc2)CC1. The molecule has 1 heterocycles. The lowest BCUT2D eigenvalue weighted by atomic mass is 9.76. The van der Waals surface area contributed by atoms with E-state index < -0.39 is 0 Å². The first-order chi connectivity index (χ1) is 14.4. The van der Waals surface area contributed by atoms with Gasteiger partial charge in [-0.25, -0.2) is 4.79 Å². The van der Waals surface area contributed by atoms with Gasteiger partial charge in [-0.1, -0.05) is 0 Å². The fraction of sp³-hybridized carbons (Fsp3) is 0.609. The average Bonchev–Trinajstić information content (AvgIpc) is 3.13. The Morgan fingerprint density at radius 2 is 1.50 bits per heavy atom. The molecule has 5 fully saturated rings. The quantitative estimate of drug-likeness (QED) is 0.804. The first-order valence-electron chi connectivity index (χ1n) is 11.1. The van der Waals surface area contributed by atoms with Crippen LogP contribution in [0, 0.1) is 17.8 Å². The Morgan fingerprint density at radius 3 is 2.07 bits per heavy atom. The Labute approximate surface area is 177 Å². The van der Waals surface area contributed by atoms with Crippen LogP contribution in [0.5, 0.6) is 0 Å². The molecule has 4 aliphatic carbocycles. The Balaban J connectivity index is 1.15. The van der Waals surface area contributed by atoms with Gasteiger partial charge in [-0.15, -0.1) is 0 Å². The molecule has 160 valence electrons. The fourth-order valence-corrected chi connectivity index (χ4v) is 6.47. The molecule has 1 aromatic rings. The zero-order valence-corrected chi connectivity index (χ0v) is 17.5.